The summed E-state index contributed by atoms with van der Waals surface area (Å²) in [6.45, 7) is -0.158. The van der Waals surface area contributed by atoms with Crippen molar-refractivity contribution < 1.29 is 17.6 Å². The van der Waals surface area contributed by atoms with Gasteiger partial charge in [0.1, 0.15) is 12.4 Å². The number of rotatable bonds is 6. The zero-order valence-corrected chi connectivity index (χ0v) is 17.5. The van der Waals surface area contributed by atoms with Crippen molar-refractivity contribution in [1.82, 2.24) is 4.57 Å². The molecule has 0 bridgehead atoms. The second-order valence-corrected chi connectivity index (χ2v) is 9.28. The standard InChI is InChI=1S/C21H16FN3O4S2/c22-14-5-7-16(8-6-14)24-31(28,29)17-11-9-15(10-12-17)23-20(26)13-25-18-3-1-2-4-19(18)30-21(25)27/h1-12,24H,13H2,(H,23,26). The van der Waals surface area contributed by atoms with Gasteiger partial charge in [-0.25, -0.2) is 12.8 Å². The van der Waals surface area contributed by atoms with E-state index in [-0.39, 0.29) is 22.0 Å². The number of anilines is 2. The van der Waals surface area contributed by atoms with Gasteiger partial charge in [0.15, 0.2) is 0 Å². The van der Waals surface area contributed by atoms with Crippen molar-refractivity contribution in [2.24, 2.45) is 0 Å². The lowest BCUT2D eigenvalue weighted by Crippen LogP contribution is -2.24. The Morgan fingerprint density at radius 1 is 0.935 bits per heavy atom. The third-order valence-corrected chi connectivity index (χ3v) is 6.78. The van der Waals surface area contributed by atoms with Crippen molar-refractivity contribution >= 4 is 48.9 Å². The van der Waals surface area contributed by atoms with Crippen LogP contribution >= 0.6 is 11.3 Å². The van der Waals surface area contributed by atoms with E-state index in [0.717, 1.165) is 28.2 Å². The van der Waals surface area contributed by atoms with Gasteiger partial charge in [0.05, 0.1) is 15.1 Å². The SMILES string of the molecule is O=C(Cn1c(=O)sc2ccccc21)Nc1ccc(S(=O)(=O)Nc2ccc(F)cc2)cc1. The molecule has 158 valence electrons. The normalized spacial score (nSPS) is 11.4. The molecule has 0 spiro atoms. The maximum absolute atomic E-state index is 13.0. The van der Waals surface area contributed by atoms with E-state index in [1.165, 1.54) is 41.0 Å². The number of carbonyl (C=O) groups excluding carboxylic acids is 1. The number of aromatic nitrogens is 1. The van der Waals surface area contributed by atoms with Gasteiger partial charge in [0.2, 0.25) is 5.91 Å². The number of thiazole rings is 1. The van der Waals surface area contributed by atoms with Crippen LogP contribution in [-0.4, -0.2) is 18.9 Å². The van der Waals surface area contributed by atoms with E-state index in [0.29, 0.717) is 11.2 Å². The summed E-state index contributed by atoms with van der Waals surface area (Å²) in [5.41, 5.74) is 1.30. The summed E-state index contributed by atoms with van der Waals surface area (Å²) in [6, 6.07) is 17.7. The number of hydrogen-bond acceptors (Lipinski definition) is 5. The van der Waals surface area contributed by atoms with Crippen molar-refractivity contribution in [2.75, 3.05) is 10.0 Å². The van der Waals surface area contributed by atoms with Gasteiger partial charge in [0, 0.05) is 11.4 Å². The lowest BCUT2D eigenvalue weighted by atomic mass is 10.3. The van der Waals surface area contributed by atoms with Gasteiger partial charge in [-0.2, -0.15) is 0 Å². The Balaban J connectivity index is 1.45. The molecule has 0 fully saturated rings. The number of carbonyl (C=O) groups is 1. The van der Waals surface area contributed by atoms with Crippen LogP contribution in [0.1, 0.15) is 0 Å². The lowest BCUT2D eigenvalue weighted by molar-refractivity contribution is -0.116. The van der Waals surface area contributed by atoms with Crippen LogP contribution in [0.3, 0.4) is 0 Å². The molecule has 0 atom stereocenters. The summed E-state index contributed by atoms with van der Waals surface area (Å²) in [5, 5.41) is 2.66. The van der Waals surface area contributed by atoms with Crippen molar-refractivity contribution in [3.8, 4) is 0 Å². The number of amides is 1. The third-order valence-electron chi connectivity index (χ3n) is 4.42. The molecule has 4 aromatic rings. The van der Waals surface area contributed by atoms with Gasteiger partial charge in [-0.05, 0) is 60.7 Å². The molecule has 0 unspecified atom stereocenters. The van der Waals surface area contributed by atoms with Gasteiger partial charge < -0.3 is 5.32 Å². The van der Waals surface area contributed by atoms with E-state index in [4.69, 9.17) is 0 Å². The minimum absolute atomic E-state index is 0.0186. The number of fused-ring (bicyclic) bond motifs is 1. The zero-order chi connectivity index (χ0) is 22.0. The van der Waals surface area contributed by atoms with Gasteiger partial charge in [0.25, 0.3) is 10.0 Å². The summed E-state index contributed by atoms with van der Waals surface area (Å²) >= 11 is 1.07. The zero-order valence-electron chi connectivity index (χ0n) is 15.9. The second kappa shape index (κ2) is 8.32. The number of halogens is 1. The molecule has 0 aliphatic carbocycles. The largest absolute Gasteiger partial charge is 0.325 e. The third kappa shape index (κ3) is 4.65. The van der Waals surface area contributed by atoms with E-state index >= 15 is 0 Å². The first kappa shape index (κ1) is 20.8. The molecule has 1 heterocycles. The van der Waals surface area contributed by atoms with Crippen molar-refractivity contribution in [3.05, 3.63) is 88.3 Å². The number of sulfonamides is 1. The first-order valence-electron chi connectivity index (χ1n) is 9.08. The highest BCUT2D eigenvalue weighted by atomic mass is 32.2. The van der Waals surface area contributed by atoms with E-state index in [1.807, 2.05) is 12.1 Å². The molecule has 10 heteroatoms. The van der Waals surface area contributed by atoms with Gasteiger partial charge >= 0.3 is 4.87 Å². The summed E-state index contributed by atoms with van der Waals surface area (Å²) < 4.78 is 42.4. The predicted octanol–water partition coefficient (Wildman–Crippen LogP) is 3.64. The molecule has 31 heavy (non-hydrogen) atoms. The summed E-state index contributed by atoms with van der Waals surface area (Å²) in [6.07, 6.45) is 0. The molecule has 1 aromatic heterocycles. The molecule has 3 aromatic carbocycles. The van der Waals surface area contributed by atoms with Crippen molar-refractivity contribution in [2.45, 2.75) is 11.4 Å². The Kier molecular flexibility index (Phi) is 5.57. The summed E-state index contributed by atoms with van der Waals surface area (Å²) in [4.78, 5) is 24.3. The van der Waals surface area contributed by atoms with Gasteiger partial charge in [-0.15, -0.1) is 0 Å². The Bertz CT molecular complexity index is 1410. The fraction of sp³-hybridized carbons (Fsp3) is 0.0476. The van der Waals surface area contributed by atoms with Gasteiger partial charge in [-0.1, -0.05) is 23.5 Å². The van der Waals surface area contributed by atoms with Crippen LogP contribution < -0.4 is 14.9 Å². The highest BCUT2D eigenvalue weighted by molar-refractivity contribution is 7.92. The fourth-order valence-electron chi connectivity index (χ4n) is 2.96. The molecule has 7 nitrogen and oxygen atoms in total. The molecule has 0 aliphatic rings. The monoisotopic (exact) mass is 457 g/mol. The van der Waals surface area contributed by atoms with Crippen molar-refractivity contribution in [1.29, 1.82) is 0 Å². The van der Waals surface area contributed by atoms with Crippen LogP contribution in [0.15, 0.2) is 82.5 Å². The smallest absolute Gasteiger partial charge is 0.308 e. The molecule has 4 rings (SSSR count). The Morgan fingerprint density at radius 3 is 2.29 bits per heavy atom. The number of para-hydroxylation sites is 1. The van der Waals surface area contributed by atoms with Crippen LogP contribution in [-0.2, 0) is 21.4 Å². The fourth-order valence-corrected chi connectivity index (χ4v) is 4.91. The van der Waals surface area contributed by atoms with Crippen LogP contribution in [0.2, 0.25) is 0 Å². The highest BCUT2D eigenvalue weighted by Crippen LogP contribution is 2.19. The van der Waals surface area contributed by atoms with Crippen LogP contribution in [0.4, 0.5) is 15.8 Å². The molecular weight excluding hydrogens is 441 g/mol. The first-order chi connectivity index (χ1) is 14.8. The number of benzene rings is 3. The topological polar surface area (TPSA) is 97.3 Å². The average molecular weight is 458 g/mol. The molecule has 2 N–H and O–H groups in total. The maximum atomic E-state index is 13.0. The van der Waals surface area contributed by atoms with Crippen LogP contribution in [0.25, 0.3) is 10.2 Å². The quantitative estimate of drug-likeness (QED) is 0.462. The molecule has 0 radical (unpaired) electrons. The number of nitrogens with zero attached hydrogens (tertiary/aromatic N) is 1. The summed E-state index contributed by atoms with van der Waals surface area (Å²) in [5.74, 6) is -0.883. The number of hydrogen-bond donors (Lipinski definition) is 2. The highest BCUT2D eigenvalue weighted by Gasteiger charge is 2.15. The van der Waals surface area contributed by atoms with E-state index < -0.39 is 21.7 Å². The molecular formula is C21H16FN3O4S2. The minimum atomic E-state index is -3.87. The Labute approximate surface area is 180 Å². The van der Waals surface area contributed by atoms with E-state index in [1.54, 1.807) is 12.1 Å². The average Bonchev–Trinajstić information content (AvgIpc) is 3.05. The Hall–Kier alpha value is -3.50. The second-order valence-electron chi connectivity index (χ2n) is 6.61. The molecule has 0 aliphatic heterocycles. The van der Waals surface area contributed by atoms with Crippen LogP contribution in [0.5, 0.6) is 0 Å². The predicted molar refractivity (Wildman–Crippen MR) is 118 cm³/mol. The molecule has 0 saturated carbocycles. The van der Waals surface area contributed by atoms with Crippen molar-refractivity contribution in [3.63, 3.8) is 0 Å². The minimum Gasteiger partial charge on any atom is -0.325 e. The van der Waals surface area contributed by atoms with E-state index in [9.17, 15) is 22.4 Å². The Morgan fingerprint density at radius 2 is 1.58 bits per heavy atom. The maximum Gasteiger partial charge on any atom is 0.308 e. The summed E-state index contributed by atoms with van der Waals surface area (Å²) in [7, 11) is -3.87. The van der Waals surface area contributed by atoms with E-state index in [2.05, 4.69) is 10.0 Å². The molecule has 1 amide bonds. The van der Waals surface area contributed by atoms with Crippen LogP contribution in [0, 0.1) is 5.82 Å². The first-order valence-corrected chi connectivity index (χ1v) is 11.4. The van der Waals surface area contributed by atoms with Gasteiger partial charge in [-0.3, -0.25) is 18.9 Å². The number of nitrogens with one attached hydrogen (secondary N) is 2. The lowest BCUT2D eigenvalue weighted by Gasteiger charge is -2.10. The molecule has 0 saturated heterocycles.